The van der Waals surface area contributed by atoms with Crippen LogP contribution in [0, 0.1) is 0 Å². The van der Waals surface area contributed by atoms with Crippen molar-refractivity contribution < 1.29 is 9.53 Å². The van der Waals surface area contributed by atoms with E-state index in [0.29, 0.717) is 11.9 Å². The molecule has 2 nitrogen and oxygen atoms in total. The predicted octanol–water partition coefficient (Wildman–Crippen LogP) is 3.81. The van der Waals surface area contributed by atoms with E-state index in [1.165, 1.54) is 37.5 Å². The highest BCUT2D eigenvalue weighted by Crippen LogP contribution is 2.14. The minimum atomic E-state index is -0.235. The van der Waals surface area contributed by atoms with Crippen molar-refractivity contribution in [1.29, 1.82) is 0 Å². The van der Waals surface area contributed by atoms with Crippen molar-refractivity contribution in [3.8, 4) is 0 Å². The highest BCUT2D eigenvalue weighted by Gasteiger charge is 1.99. The van der Waals surface area contributed by atoms with Crippen molar-refractivity contribution in [3.05, 3.63) is 12.2 Å². The zero-order valence-corrected chi connectivity index (χ0v) is 11.5. The van der Waals surface area contributed by atoms with Crippen LogP contribution >= 0.6 is 11.8 Å². The van der Waals surface area contributed by atoms with Crippen LogP contribution in [0.3, 0.4) is 0 Å². The maximum atomic E-state index is 11.0. The van der Waals surface area contributed by atoms with E-state index in [0.717, 1.165) is 0 Å². The van der Waals surface area contributed by atoms with Crippen LogP contribution in [0.1, 0.15) is 46.5 Å². The number of esters is 1. The lowest BCUT2D eigenvalue weighted by molar-refractivity contribution is -0.137. The van der Waals surface area contributed by atoms with Crippen LogP contribution in [0.25, 0.3) is 0 Å². The summed E-state index contributed by atoms with van der Waals surface area (Å²) >= 11 is 1.89. The van der Waals surface area contributed by atoms with Gasteiger partial charge in [0.05, 0.1) is 6.61 Å². The Morgan fingerprint density at radius 3 is 2.69 bits per heavy atom. The summed E-state index contributed by atoms with van der Waals surface area (Å²) in [5.74, 6) is 0.940. The Labute approximate surface area is 104 Å². The molecule has 0 saturated carbocycles. The molecule has 0 heterocycles. The van der Waals surface area contributed by atoms with Crippen molar-refractivity contribution in [2.24, 2.45) is 0 Å². The predicted molar refractivity (Wildman–Crippen MR) is 71.8 cm³/mol. The molecule has 0 saturated heterocycles. The molecule has 0 aliphatic heterocycles. The number of hydrogen-bond acceptors (Lipinski definition) is 3. The topological polar surface area (TPSA) is 26.3 Å². The molecule has 0 amide bonds. The Balaban J connectivity index is 3.49. The Bertz CT molecular complexity index is 202. The molecule has 0 unspecified atom stereocenters. The highest BCUT2D eigenvalue weighted by molar-refractivity contribution is 8.00. The van der Waals surface area contributed by atoms with E-state index in [9.17, 15) is 4.79 Å². The molecule has 0 aliphatic carbocycles. The van der Waals surface area contributed by atoms with E-state index in [4.69, 9.17) is 4.74 Å². The van der Waals surface area contributed by atoms with E-state index in [1.54, 1.807) is 0 Å². The molecule has 0 aromatic heterocycles. The van der Waals surface area contributed by atoms with Crippen molar-refractivity contribution in [3.63, 3.8) is 0 Å². The molecule has 3 heteroatoms. The van der Waals surface area contributed by atoms with E-state index in [2.05, 4.69) is 13.8 Å². The van der Waals surface area contributed by atoms with E-state index in [1.807, 2.05) is 24.8 Å². The molecule has 1 atom stereocenters. The fourth-order valence-corrected chi connectivity index (χ4v) is 2.19. The van der Waals surface area contributed by atoms with Gasteiger partial charge in [-0.3, -0.25) is 0 Å². The summed E-state index contributed by atoms with van der Waals surface area (Å²) in [6.07, 6.45) is 8.65. The summed E-state index contributed by atoms with van der Waals surface area (Å²) in [4.78, 5) is 11.0. The lowest BCUT2D eigenvalue weighted by Crippen LogP contribution is -2.01. The maximum Gasteiger partial charge on any atom is 0.330 e. The van der Waals surface area contributed by atoms with Gasteiger partial charge in [-0.15, -0.1) is 0 Å². The van der Waals surface area contributed by atoms with Crippen LogP contribution in [0.2, 0.25) is 0 Å². The minimum absolute atomic E-state index is 0.235. The van der Waals surface area contributed by atoms with Crippen molar-refractivity contribution in [2.45, 2.75) is 51.7 Å². The first kappa shape index (κ1) is 15.6. The molecule has 0 rings (SSSR count). The lowest BCUT2D eigenvalue weighted by Gasteiger charge is -2.05. The van der Waals surface area contributed by atoms with Gasteiger partial charge in [-0.1, -0.05) is 32.3 Å². The van der Waals surface area contributed by atoms with Gasteiger partial charge in [-0.2, -0.15) is 11.8 Å². The van der Waals surface area contributed by atoms with Gasteiger partial charge in [-0.05, 0) is 26.0 Å². The number of thioether (sulfide) groups is 1. The van der Waals surface area contributed by atoms with Crippen molar-refractivity contribution in [1.82, 2.24) is 0 Å². The van der Waals surface area contributed by atoms with Gasteiger partial charge in [0.1, 0.15) is 0 Å². The zero-order valence-electron chi connectivity index (χ0n) is 10.7. The van der Waals surface area contributed by atoms with Gasteiger partial charge in [-0.25, -0.2) is 4.79 Å². The summed E-state index contributed by atoms with van der Waals surface area (Å²) in [6, 6.07) is 0. The van der Waals surface area contributed by atoms with Gasteiger partial charge >= 0.3 is 5.97 Å². The molecule has 0 fully saturated rings. The first-order valence-corrected chi connectivity index (χ1v) is 7.22. The second kappa shape index (κ2) is 11.1. The van der Waals surface area contributed by atoms with Crippen LogP contribution in [-0.4, -0.2) is 23.6 Å². The summed E-state index contributed by atoms with van der Waals surface area (Å²) < 4.78 is 4.81. The zero-order chi connectivity index (χ0) is 12.2. The third-order valence-corrected chi connectivity index (χ3v) is 3.38. The third-order valence-electron chi connectivity index (χ3n) is 2.17. The Kier molecular flexibility index (Phi) is 10.8. The maximum absolute atomic E-state index is 11.0. The molecule has 0 aromatic rings. The molecule has 0 spiro atoms. The molecule has 0 aliphatic rings. The number of rotatable bonds is 9. The van der Waals surface area contributed by atoms with E-state index < -0.39 is 0 Å². The third kappa shape index (κ3) is 10.1. The van der Waals surface area contributed by atoms with Gasteiger partial charge in [0.2, 0.25) is 0 Å². The molecular weight excluding hydrogens is 220 g/mol. The first-order chi connectivity index (χ1) is 7.70. The fourth-order valence-electron chi connectivity index (χ4n) is 1.26. The van der Waals surface area contributed by atoms with E-state index >= 15 is 0 Å². The van der Waals surface area contributed by atoms with Gasteiger partial charge < -0.3 is 4.74 Å². The quantitative estimate of drug-likeness (QED) is 0.350. The minimum Gasteiger partial charge on any atom is -0.463 e. The summed E-state index contributed by atoms with van der Waals surface area (Å²) in [5.41, 5.74) is 0. The number of ether oxygens (including phenoxy) is 1. The van der Waals surface area contributed by atoms with Crippen molar-refractivity contribution >= 4 is 17.7 Å². The molecule has 0 aromatic carbocycles. The number of carbonyl (C=O) groups excluding carboxylic acids is 1. The van der Waals surface area contributed by atoms with Gasteiger partial charge in [0, 0.05) is 11.3 Å². The molecular formula is C13H24O2S. The molecule has 0 N–H and O–H groups in total. The molecule has 94 valence electrons. The Morgan fingerprint density at radius 2 is 2.06 bits per heavy atom. The van der Waals surface area contributed by atoms with Crippen LogP contribution in [0.4, 0.5) is 0 Å². The number of carbonyl (C=O) groups is 1. The van der Waals surface area contributed by atoms with Crippen LogP contribution in [-0.2, 0) is 9.53 Å². The normalized spacial score (nSPS) is 12.9. The van der Waals surface area contributed by atoms with Crippen LogP contribution < -0.4 is 0 Å². The Morgan fingerprint density at radius 1 is 1.31 bits per heavy atom. The van der Waals surface area contributed by atoms with Gasteiger partial charge in [0.25, 0.3) is 0 Å². The Hall–Kier alpha value is -0.440. The largest absolute Gasteiger partial charge is 0.463 e. The van der Waals surface area contributed by atoms with Crippen molar-refractivity contribution in [2.75, 3.05) is 12.4 Å². The number of unbranched alkanes of at least 4 members (excludes halogenated alkanes) is 3. The second-order valence-electron chi connectivity index (χ2n) is 3.75. The van der Waals surface area contributed by atoms with Crippen LogP contribution in [0.5, 0.6) is 0 Å². The fraction of sp³-hybridized carbons (Fsp3) is 0.769. The lowest BCUT2D eigenvalue weighted by atomic mass is 10.2. The second-order valence-corrected chi connectivity index (χ2v) is 5.23. The smallest absolute Gasteiger partial charge is 0.330 e. The van der Waals surface area contributed by atoms with E-state index in [-0.39, 0.29) is 5.97 Å². The monoisotopic (exact) mass is 244 g/mol. The molecule has 16 heavy (non-hydrogen) atoms. The average molecular weight is 244 g/mol. The molecule has 0 radical (unpaired) electrons. The number of hydrogen-bond donors (Lipinski definition) is 0. The summed E-state index contributed by atoms with van der Waals surface area (Å²) in [5, 5.41) is 0.394. The molecule has 0 bridgehead atoms. The summed E-state index contributed by atoms with van der Waals surface area (Å²) in [6.45, 7) is 6.59. The standard InChI is InChI=1S/C13H24O2S/c1-4-6-7-8-11-16-12(3)9-10-13(14)15-5-2/h9-10,12H,4-8,11H2,1-3H3/b10-9+/t12-/m0/s1. The highest BCUT2D eigenvalue weighted by atomic mass is 32.2. The SMILES string of the molecule is CCCCCCS[C@@H](C)/C=C/C(=O)OCC. The van der Waals surface area contributed by atoms with Gasteiger partial charge in [0.15, 0.2) is 0 Å². The summed E-state index contributed by atoms with van der Waals surface area (Å²) in [7, 11) is 0. The first-order valence-electron chi connectivity index (χ1n) is 6.17. The van der Waals surface area contributed by atoms with Crippen LogP contribution in [0.15, 0.2) is 12.2 Å². The average Bonchev–Trinajstić information content (AvgIpc) is 2.26.